The number of hydroxylamine groups is 2. The molecule has 3 heterocycles. The van der Waals surface area contributed by atoms with Gasteiger partial charge in [-0.05, 0) is 18.9 Å². The normalized spacial score (nSPS) is 23.6. The lowest BCUT2D eigenvalue weighted by atomic mass is 9.72. The standard InChI is InChI=1S/C17H22BN5O9S/c19-17-20-10(7-33-17)15(22-31-6-8-3-11(24)12(25)5-23(8)30)16(28)21-13-2-1-9(4-14(26)27)32-18(13)29/h3,5,7,9,11,13,24-25,29-30H,1-2,4,6H2,(H2,19,20)(H,21,28)(H,26,27)/b22-15+/t9?,11?,13-/m0/s1. The van der Waals surface area contributed by atoms with E-state index in [4.69, 9.17) is 20.3 Å². The van der Waals surface area contributed by atoms with Crippen molar-refractivity contribution in [3.8, 4) is 0 Å². The Bertz CT molecular complexity index is 984. The highest BCUT2D eigenvalue weighted by Gasteiger charge is 2.37. The van der Waals surface area contributed by atoms with Crippen LogP contribution >= 0.6 is 11.3 Å². The molecule has 0 aromatic carbocycles. The Morgan fingerprint density at radius 3 is 2.85 bits per heavy atom. The predicted octanol–water partition coefficient (Wildman–Crippen LogP) is -1.05. The van der Waals surface area contributed by atoms with Crippen LogP contribution in [0.4, 0.5) is 5.13 Å². The Balaban J connectivity index is 1.68. The van der Waals surface area contributed by atoms with Crippen LogP contribution < -0.4 is 11.1 Å². The number of aliphatic carboxylic acids is 1. The van der Waals surface area contributed by atoms with Crippen molar-refractivity contribution >= 4 is 41.2 Å². The number of hydrogen-bond acceptors (Lipinski definition) is 13. The second-order valence-electron chi connectivity index (χ2n) is 7.19. The van der Waals surface area contributed by atoms with Crippen LogP contribution in [0, 0.1) is 0 Å². The van der Waals surface area contributed by atoms with Gasteiger partial charge in [0.1, 0.15) is 17.6 Å². The molecule has 1 aromatic rings. The molecule has 3 atom stereocenters. The molecule has 3 rings (SSSR count). The Hall–Kier alpha value is -3.18. The fourth-order valence-electron chi connectivity index (χ4n) is 3.10. The third kappa shape index (κ3) is 6.42. The van der Waals surface area contributed by atoms with Crippen LogP contribution in [0.2, 0.25) is 0 Å². The molecular weight excluding hydrogens is 461 g/mol. The van der Waals surface area contributed by atoms with E-state index in [0.29, 0.717) is 11.5 Å². The maximum atomic E-state index is 12.9. The molecule has 2 unspecified atom stereocenters. The number of carboxylic acids is 1. The topological polar surface area (TPSA) is 220 Å². The zero-order valence-corrected chi connectivity index (χ0v) is 17.9. The number of rotatable bonds is 8. The highest BCUT2D eigenvalue weighted by atomic mass is 32.1. The molecule has 0 aliphatic carbocycles. The molecule has 1 fully saturated rings. The lowest BCUT2D eigenvalue weighted by Gasteiger charge is -2.30. The molecule has 0 spiro atoms. The maximum absolute atomic E-state index is 12.9. The minimum Gasteiger partial charge on any atom is -0.508 e. The molecule has 33 heavy (non-hydrogen) atoms. The minimum absolute atomic E-state index is 0.0437. The zero-order chi connectivity index (χ0) is 24.1. The molecule has 1 amide bonds. The molecular formula is C17H22BN5O9S. The van der Waals surface area contributed by atoms with E-state index in [1.807, 2.05) is 0 Å². The van der Waals surface area contributed by atoms with Gasteiger partial charge in [-0.3, -0.25) is 14.8 Å². The quantitative estimate of drug-likeness (QED) is 0.134. The molecule has 16 heteroatoms. The summed E-state index contributed by atoms with van der Waals surface area (Å²) in [5.41, 5.74) is 5.50. The molecule has 1 saturated heterocycles. The number of hydrogen-bond donors (Lipinski definition) is 7. The first-order valence-corrected chi connectivity index (χ1v) is 10.6. The van der Waals surface area contributed by atoms with Gasteiger partial charge in [0.05, 0.1) is 30.4 Å². The molecule has 14 nitrogen and oxygen atoms in total. The fraction of sp³-hybridized carbons (Fsp3) is 0.412. The van der Waals surface area contributed by atoms with Crippen LogP contribution in [0.3, 0.4) is 0 Å². The first-order chi connectivity index (χ1) is 15.6. The third-order valence-electron chi connectivity index (χ3n) is 4.74. The molecule has 0 bridgehead atoms. The number of nitrogens with zero attached hydrogens (tertiary/aromatic N) is 3. The molecule has 178 valence electrons. The number of aliphatic hydroxyl groups excluding tert-OH is 2. The number of aromatic nitrogens is 1. The molecule has 8 N–H and O–H groups in total. The van der Waals surface area contributed by atoms with Crippen LogP contribution in [0.1, 0.15) is 25.0 Å². The van der Waals surface area contributed by atoms with E-state index in [-0.39, 0.29) is 41.7 Å². The summed E-state index contributed by atoms with van der Waals surface area (Å²) < 4.78 is 5.26. The number of amides is 1. The number of carboxylic acid groups (broad SMARTS) is 1. The van der Waals surface area contributed by atoms with Crippen molar-refractivity contribution in [3.05, 3.63) is 34.8 Å². The Morgan fingerprint density at radius 2 is 2.21 bits per heavy atom. The van der Waals surface area contributed by atoms with Crippen LogP contribution in [-0.2, 0) is 19.1 Å². The van der Waals surface area contributed by atoms with Crippen LogP contribution in [-0.4, -0.2) is 85.1 Å². The number of aliphatic hydroxyl groups is 2. The van der Waals surface area contributed by atoms with Crippen LogP contribution in [0.5, 0.6) is 0 Å². The summed E-state index contributed by atoms with van der Waals surface area (Å²) in [7, 11) is -1.42. The summed E-state index contributed by atoms with van der Waals surface area (Å²) >= 11 is 1.06. The minimum atomic E-state index is -1.42. The van der Waals surface area contributed by atoms with E-state index < -0.39 is 42.9 Å². The Morgan fingerprint density at radius 1 is 1.45 bits per heavy atom. The third-order valence-corrected chi connectivity index (χ3v) is 5.42. The fourth-order valence-corrected chi connectivity index (χ4v) is 3.65. The van der Waals surface area contributed by atoms with Gasteiger partial charge in [-0.1, -0.05) is 5.16 Å². The number of nitrogens with two attached hydrogens (primary N) is 1. The van der Waals surface area contributed by atoms with Crippen molar-refractivity contribution in [2.24, 2.45) is 5.16 Å². The summed E-state index contributed by atoms with van der Waals surface area (Å²) in [6, 6.07) is 0. The number of thiazole rings is 1. The van der Waals surface area contributed by atoms with Gasteiger partial charge < -0.3 is 40.9 Å². The van der Waals surface area contributed by atoms with Gasteiger partial charge in [-0.15, -0.1) is 11.3 Å². The zero-order valence-electron chi connectivity index (χ0n) is 17.1. The Labute approximate surface area is 191 Å². The van der Waals surface area contributed by atoms with Gasteiger partial charge in [0.2, 0.25) is 0 Å². The monoisotopic (exact) mass is 483 g/mol. The number of carbonyl (C=O) groups is 2. The van der Waals surface area contributed by atoms with E-state index in [2.05, 4.69) is 15.5 Å². The van der Waals surface area contributed by atoms with E-state index in [1.54, 1.807) is 0 Å². The number of nitrogens with one attached hydrogen (secondary N) is 1. The molecule has 1 aromatic heterocycles. The predicted molar refractivity (Wildman–Crippen MR) is 114 cm³/mol. The second-order valence-corrected chi connectivity index (χ2v) is 8.08. The summed E-state index contributed by atoms with van der Waals surface area (Å²) in [6.45, 7) is -0.375. The van der Waals surface area contributed by atoms with E-state index in [9.17, 15) is 30.0 Å². The summed E-state index contributed by atoms with van der Waals surface area (Å²) in [5, 5.41) is 56.3. The smallest absolute Gasteiger partial charge is 0.478 e. The maximum Gasteiger partial charge on any atom is 0.478 e. The van der Waals surface area contributed by atoms with Crippen molar-refractivity contribution in [3.63, 3.8) is 0 Å². The van der Waals surface area contributed by atoms with Crippen molar-refractivity contribution < 1.29 is 44.6 Å². The number of nitrogen functional groups attached to an aromatic ring is 1. The molecule has 0 radical (unpaired) electrons. The molecule has 0 saturated carbocycles. The summed E-state index contributed by atoms with van der Waals surface area (Å²) in [4.78, 5) is 32.8. The van der Waals surface area contributed by atoms with Gasteiger partial charge in [0.15, 0.2) is 17.5 Å². The lowest BCUT2D eigenvalue weighted by Crippen LogP contribution is -2.54. The summed E-state index contributed by atoms with van der Waals surface area (Å²) in [5.74, 6) is -3.13. The highest BCUT2D eigenvalue weighted by Crippen LogP contribution is 2.20. The van der Waals surface area contributed by atoms with Gasteiger partial charge in [0.25, 0.3) is 5.91 Å². The van der Waals surface area contributed by atoms with Crippen LogP contribution in [0.15, 0.2) is 34.3 Å². The Kier molecular flexibility index (Phi) is 7.88. The van der Waals surface area contributed by atoms with E-state index >= 15 is 0 Å². The number of carbonyl (C=O) groups excluding carboxylic acids is 1. The largest absolute Gasteiger partial charge is 0.508 e. The van der Waals surface area contributed by atoms with Gasteiger partial charge >= 0.3 is 13.1 Å². The highest BCUT2D eigenvalue weighted by molar-refractivity contribution is 7.13. The average Bonchev–Trinajstić information content (AvgIpc) is 3.16. The van der Waals surface area contributed by atoms with E-state index in [1.165, 1.54) is 5.38 Å². The summed E-state index contributed by atoms with van der Waals surface area (Å²) in [6.07, 6.45) is 0.292. The first-order valence-electron chi connectivity index (χ1n) is 9.69. The molecule has 2 aliphatic rings. The van der Waals surface area contributed by atoms with Crippen molar-refractivity contribution in [2.75, 3.05) is 12.3 Å². The van der Waals surface area contributed by atoms with Gasteiger partial charge in [-0.25, -0.2) is 10.0 Å². The van der Waals surface area contributed by atoms with Crippen molar-refractivity contribution in [1.82, 2.24) is 15.4 Å². The SMILES string of the molecule is Nc1nc(/C(=N\OCC2=CC(O)C(O)=CN2O)C(=O)N[C@H]2CCC(CC(=O)O)OB2O)cs1. The first kappa shape index (κ1) is 24.5. The lowest BCUT2D eigenvalue weighted by molar-refractivity contribution is -0.139. The number of anilines is 1. The van der Waals surface area contributed by atoms with E-state index in [0.717, 1.165) is 23.6 Å². The average molecular weight is 483 g/mol. The van der Waals surface area contributed by atoms with Crippen molar-refractivity contribution in [2.45, 2.75) is 37.4 Å². The van der Waals surface area contributed by atoms with Gasteiger partial charge in [-0.2, -0.15) is 0 Å². The van der Waals surface area contributed by atoms with Gasteiger partial charge in [0, 0.05) is 5.38 Å². The number of oxime groups is 1. The second kappa shape index (κ2) is 10.6. The molecule has 2 aliphatic heterocycles. The van der Waals surface area contributed by atoms with Crippen LogP contribution in [0.25, 0.3) is 0 Å². The van der Waals surface area contributed by atoms with Crippen molar-refractivity contribution in [1.29, 1.82) is 0 Å².